The molecule has 0 amide bonds. The van der Waals surface area contributed by atoms with Crippen LogP contribution in [-0.4, -0.2) is 7.11 Å². The predicted molar refractivity (Wildman–Crippen MR) is 74.8 cm³/mol. The average molecular weight is 311 g/mol. The summed E-state index contributed by atoms with van der Waals surface area (Å²) in [6.45, 7) is 0. The third kappa shape index (κ3) is 2.73. The van der Waals surface area contributed by atoms with Crippen molar-refractivity contribution >= 4 is 33.0 Å². The Balaban J connectivity index is 2.34. The molecule has 0 aliphatic rings. The van der Waals surface area contributed by atoms with Gasteiger partial charge in [-0.25, -0.2) is 4.39 Å². The van der Waals surface area contributed by atoms with Gasteiger partial charge >= 0.3 is 0 Å². The molecule has 3 nitrogen and oxygen atoms in total. The van der Waals surface area contributed by atoms with Crippen LogP contribution in [0.25, 0.3) is 0 Å². The topological polar surface area (TPSA) is 47.3 Å². The zero-order valence-corrected chi connectivity index (χ0v) is 11.3. The molecule has 0 atom stereocenters. The first kappa shape index (κ1) is 12.7. The maximum Gasteiger partial charge on any atom is 0.148 e. The standard InChI is InChI=1S/C13H12BrFN2O/c1-18-13-7-12(10(15)6-11(13)16)17-9-4-2-3-8(14)5-9/h2-7,17H,16H2,1H3. The van der Waals surface area contributed by atoms with Crippen LogP contribution in [0.1, 0.15) is 0 Å². The number of nitrogen functional groups attached to an aromatic ring is 1. The highest BCUT2D eigenvalue weighted by Gasteiger charge is 2.08. The third-order valence-electron chi connectivity index (χ3n) is 2.42. The van der Waals surface area contributed by atoms with Crippen LogP contribution in [0.15, 0.2) is 40.9 Å². The second-order valence-corrected chi connectivity index (χ2v) is 4.63. The van der Waals surface area contributed by atoms with E-state index in [0.717, 1.165) is 10.2 Å². The number of methoxy groups -OCH3 is 1. The highest BCUT2D eigenvalue weighted by atomic mass is 79.9. The maximum atomic E-state index is 13.7. The lowest BCUT2D eigenvalue weighted by Gasteiger charge is -2.11. The van der Waals surface area contributed by atoms with Gasteiger partial charge in [0.1, 0.15) is 11.6 Å². The molecular formula is C13H12BrFN2O. The van der Waals surface area contributed by atoms with Gasteiger partial charge in [-0.2, -0.15) is 0 Å². The third-order valence-corrected chi connectivity index (χ3v) is 2.92. The normalized spacial score (nSPS) is 10.2. The first-order valence-corrected chi connectivity index (χ1v) is 6.05. The molecule has 94 valence electrons. The largest absolute Gasteiger partial charge is 0.495 e. The van der Waals surface area contributed by atoms with E-state index in [0.29, 0.717) is 11.4 Å². The number of nitrogens with one attached hydrogen (secondary N) is 1. The average Bonchev–Trinajstić information content (AvgIpc) is 2.33. The molecule has 0 fully saturated rings. The lowest BCUT2D eigenvalue weighted by atomic mass is 10.2. The maximum absolute atomic E-state index is 13.7. The van der Waals surface area contributed by atoms with Crippen LogP contribution in [0.4, 0.5) is 21.5 Å². The molecule has 0 saturated carbocycles. The molecule has 2 aromatic rings. The van der Waals surface area contributed by atoms with E-state index in [1.807, 2.05) is 24.3 Å². The van der Waals surface area contributed by atoms with Crippen molar-refractivity contribution in [2.24, 2.45) is 0 Å². The van der Waals surface area contributed by atoms with E-state index in [1.54, 1.807) is 0 Å². The zero-order chi connectivity index (χ0) is 13.1. The zero-order valence-electron chi connectivity index (χ0n) is 9.71. The number of hydrogen-bond donors (Lipinski definition) is 2. The molecule has 5 heteroatoms. The molecule has 18 heavy (non-hydrogen) atoms. The summed E-state index contributed by atoms with van der Waals surface area (Å²) >= 11 is 3.36. The Kier molecular flexibility index (Phi) is 3.72. The summed E-state index contributed by atoms with van der Waals surface area (Å²) in [5.74, 6) is 0.0159. The summed E-state index contributed by atoms with van der Waals surface area (Å²) in [4.78, 5) is 0. The fraction of sp³-hybridized carbons (Fsp3) is 0.0769. The first-order chi connectivity index (χ1) is 8.60. The van der Waals surface area contributed by atoms with Gasteiger partial charge in [0.2, 0.25) is 0 Å². The second-order valence-electron chi connectivity index (χ2n) is 3.71. The van der Waals surface area contributed by atoms with Crippen molar-refractivity contribution in [2.45, 2.75) is 0 Å². The number of rotatable bonds is 3. The number of ether oxygens (including phenoxy) is 1. The summed E-state index contributed by atoms with van der Waals surface area (Å²) in [5, 5.41) is 2.97. The number of anilines is 3. The van der Waals surface area contributed by atoms with Crippen LogP contribution in [0.2, 0.25) is 0 Å². The van der Waals surface area contributed by atoms with Crippen molar-refractivity contribution in [3.05, 3.63) is 46.7 Å². The number of benzene rings is 2. The molecule has 0 aliphatic heterocycles. The molecule has 0 unspecified atom stereocenters. The molecule has 0 bridgehead atoms. The minimum Gasteiger partial charge on any atom is -0.495 e. The Bertz CT molecular complexity index is 575. The van der Waals surface area contributed by atoms with Gasteiger partial charge in [-0.05, 0) is 18.2 Å². The van der Waals surface area contributed by atoms with E-state index in [2.05, 4.69) is 21.2 Å². The molecular weight excluding hydrogens is 299 g/mol. The molecule has 0 radical (unpaired) electrons. The van der Waals surface area contributed by atoms with Gasteiger partial charge in [0.05, 0.1) is 18.5 Å². The van der Waals surface area contributed by atoms with E-state index in [4.69, 9.17) is 10.5 Å². The molecule has 2 aromatic carbocycles. The first-order valence-electron chi connectivity index (χ1n) is 5.26. The molecule has 2 rings (SSSR count). The van der Waals surface area contributed by atoms with Gasteiger partial charge in [-0.3, -0.25) is 0 Å². The Morgan fingerprint density at radius 2 is 2.06 bits per heavy atom. The highest BCUT2D eigenvalue weighted by Crippen LogP contribution is 2.30. The minimum absolute atomic E-state index is 0.273. The Morgan fingerprint density at radius 1 is 1.28 bits per heavy atom. The van der Waals surface area contributed by atoms with Crippen molar-refractivity contribution in [3.63, 3.8) is 0 Å². The van der Waals surface area contributed by atoms with Gasteiger partial charge in [0.25, 0.3) is 0 Å². The molecule has 0 heterocycles. The van der Waals surface area contributed by atoms with Crippen molar-refractivity contribution < 1.29 is 9.13 Å². The molecule has 0 aromatic heterocycles. The SMILES string of the molecule is COc1cc(Nc2cccc(Br)c2)c(F)cc1N. The van der Waals surface area contributed by atoms with Crippen LogP contribution >= 0.6 is 15.9 Å². The van der Waals surface area contributed by atoms with E-state index in [1.165, 1.54) is 19.2 Å². The van der Waals surface area contributed by atoms with Gasteiger partial charge in [0, 0.05) is 22.3 Å². The second kappa shape index (κ2) is 5.27. The lowest BCUT2D eigenvalue weighted by molar-refractivity contribution is 0.416. The highest BCUT2D eigenvalue weighted by molar-refractivity contribution is 9.10. The quantitative estimate of drug-likeness (QED) is 0.845. The van der Waals surface area contributed by atoms with Crippen LogP contribution in [0.5, 0.6) is 5.75 Å². The summed E-state index contributed by atoms with van der Waals surface area (Å²) in [6, 6.07) is 10.2. The van der Waals surface area contributed by atoms with Crippen LogP contribution in [-0.2, 0) is 0 Å². The fourth-order valence-corrected chi connectivity index (χ4v) is 1.96. The van der Waals surface area contributed by atoms with E-state index < -0.39 is 5.82 Å². The molecule has 0 saturated heterocycles. The summed E-state index contributed by atoms with van der Waals surface area (Å²) in [6.07, 6.45) is 0. The molecule has 0 spiro atoms. The summed E-state index contributed by atoms with van der Waals surface area (Å²) in [7, 11) is 1.49. The monoisotopic (exact) mass is 310 g/mol. The fourth-order valence-electron chi connectivity index (χ4n) is 1.56. The Morgan fingerprint density at radius 3 is 2.72 bits per heavy atom. The van der Waals surface area contributed by atoms with Crippen molar-refractivity contribution in [1.29, 1.82) is 0 Å². The summed E-state index contributed by atoms with van der Waals surface area (Å²) in [5.41, 5.74) is 6.98. The van der Waals surface area contributed by atoms with Gasteiger partial charge in [-0.1, -0.05) is 22.0 Å². The van der Waals surface area contributed by atoms with E-state index in [9.17, 15) is 4.39 Å². The summed E-state index contributed by atoms with van der Waals surface area (Å²) < 4.78 is 19.7. The number of halogens is 2. The lowest BCUT2D eigenvalue weighted by Crippen LogP contribution is -1.98. The predicted octanol–water partition coefficient (Wildman–Crippen LogP) is 3.92. The number of hydrogen-bond acceptors (Lipinski definition) is 3. The molecule has 3 N–H and O–H groups in total. The van der Waals surface area contributed by atoms with E-state index >= 15 is 0 Å². The van der Waals surface area contributed by atoms with Gasteiger partial charge < -0.3 is 15.8 Å². The molecule has 0 aliphatic carbocycles. The van der Waals surface area contributed by atoms with Gasteiger partial charge in [0.15, 0.2) is 0 Å². The van der Waals surface area contributed by atoms with Gasteiger partial charge in [-0.15, -0.1) is 0 Å². The minimum atomic E-state index is -0.423. The van der Waals surface area contributed by atoms with Crippen LogP contribution in [0, 0.1) is 5.82 Å². The van der Waals surface area contributed by atoms with Crippen LogP contribution < -0.4 is 15.8 Å². The van der Waals surface area contributed by atoms with Crippen molar-refractivity contribution in [2.75, 3.05) is 18.2 Å². The van der Waals surface area contributed by atoms with Crippen molar-refractivity contribution in [1.82, 2.24) is 0 Å². The number of nitrogens with two attached hydrogens (primary N) is 1. The van der Waals surface area contributed by atoms with Crippen LogP contribution in [0.3, 0.4) is 0 Å². The Hall–Kier alpha value is -1.75. The van der Waals surface area contributed by atoms with E-state index in [-0.39, 0.29) is 5.69 Å². The smallest absolute Gasteiger partial charge is 0.148 e. The van der Waals surface area contributed by atoms with Crippen molar-refractivity contribution in [3.8, 4) is 5.75 Å². The Labute approximate surface area is 113 Å².